The van der Waals surface area contributed by atoms with Crippen molar-refractivity contribution in [1.82, 2.24) is 0 Å². The second kappa shape index (κ2) is 19.1. The monoisotopic (exact) mass is 642 g/mol. The maximum atomic E-state index is 11.6. The van der Waals surface area contributed by atoms with Gasteiger partial charge in [-0.1, -0.05) is 13.2 Å². The largest absolute Gasteiger partial charge is 0.458 e. The summed E-state index contributed by atoms with van der Waals surface area (Å²) in [6.07, 6.45) is -0.135. The molecule has 2 fully saturated rings. The van der Waals surface area contributed by atoms with Crippen LogP contribution in [0, 0.1) is 0 Å². The summed E-state index contributed by atoms with van der Waals surface area (Å²) in [7, 11) is 0. The van der Waals surface area contributed by atoms with E-state index >= 15 is 0 Å². The number of thioether (sulfide) groups is 7. The zero-order valence-corrected chi connectivity index (χ0v) is 28.2. The fraction of sp³-hybridized carbons (Fsp3) is 0.769. The number of hydrogen-bond acceptors (Lipinski definition) is 11. The molecule has 2 heterocycles. The van der Waals surface area contributed by atoms with Crippen LogP contribution in [0.25, 0.3) is 0 Å². The molecule has 0 saturated carbocycles. The van der Waals surface area contributed by atoms with Crippen molar-refractivity contribution in [3.63, 3.8) is 0 Å². The molecule has 2 rings (SSSR count). The Kier molecular flexibility index (Phi) is 17.6. The number of hydrogen-bond donors (Lipinski definition) is 0. The number of esters is 2. The molecule has 212 valence electrons. The molecule has 6 atom stereocenters. The molecule has 0 aromatic heterocycles. The first-order valence-corrected chi connectivity index (χ1v) is 20.2. The Bertz CT molecular complexity index is 742. The predicted octanol–water partition coefficient (Wildman–Crippen LogP) is 6.64. The molecule has 4 nitrogen and oxygen atoms in total. The highest BCUT2D eigenvalue weighted by molar-refractivity contribution is 8.10. The zero-order chi connectivity index (χ0) is 27.2. The van der Waals surface area contributed by atoms with Gasteiger partial charge in [-0.15, -0.1) is 0 Å². The van der Waals surface area contributed by atoms with Crippen LogP contribution in [0.15, 0.2) is 24.3 Å². The van der Waals surface area contributed by atoms with E-state index in [1.165, 1.54) is 34.5 Å². The van der Waals surface area contributed by atoms with Crippen molar-refractivity contribution < 1.29 is 19.1 Å². The molecule has 2 aliphatic rings. The zero-order valence-electron chi connectivity index (χ0n) is 22.4. The van der Waals surface area contributed by atoms with Crippen molar-refractivity contribution in [2.24, 2.45) is 0 Å². The minimum Gasteiger partial charge on any atom is -0.458 e. The molecule has 0 aromatic rings. The van der Waals surface area contributed by atoms with Gasteiger partial charge in [-0.25, -0.2) is 9.59 Å². The van der Waals surface area contributed by atoms with Crippen LogP contribution in [0.5, 0.6) is 0 Å². The van der Waals surface area contributed by atoms with Gasteiger partial charge in [0.15, 0.2) is 0 Å². The van der Waals surface area contributed by atoms with Crippen molar-refractivity contribution in [2.75, 3.05) is 57.5 Å². The summed E-state index contributed by atoms with van der Waals surface area (Å²) < 4.78 is 10.8. The third-order valence-corrected chi connectivity index (χ3v) is 16.4. The first kappa shape index (κ1) is 34.1. The second-order valence-corrected chi connectivity index (χ2v) is 18.0. The fourth-order valence-electron chi connectivity index (χ4n) is 3.33. The molecule has 0 amide bonds. The highest BCUT2D eigenvalue weighted by atomic mass is 32.2. The SMILES string of the molecule is C=C(C)C(=O)OC(C)CSCC1CSC(CSCC2CSCC(CSCC(C)OC(=O)C(=C)C)S2)CS1. The van der Waals surface area contributed by atoms with Crippen molar-refractivity contribution in [1.29, 1.82) is 0 Å². The molecule has 11 heteroatoms. The van der Waals surface area contributed by atoms with E-state index in [2.05, 4.69) is 72.0 Å². The van der Waals surface area contributed by atoms with Gasteiger partial charge in [0.2, 0.25) is 0 Å². The molecule has 0 spiro atoms. The highest BCUT2D eigenvalue weighted by Crippen LogP contribution is 2.37. The van der Waals surface area contributed by atoms with E-state index in [0.29, 0.717) is 21.6 Å². The van der Waals surface area contributed by atoms with Gasteiger partial charge in [0.1, 0.15) is 12.2 Å². The third kappa shape index (κ3) is 14.9. The van der Waals surface area contributed by atoms with E-state index in [1.807, 2.05) is 37.4 Å². The second-order valence-electron chi connectivity index (χ2n) is 9.43. The molecule has 0 bridgehead atoms. The van der Waals surface area contributed by atoms with Crippen LogP contribution in [0.3, 0.4) is 0 Å². The first-order chi connectivity index (χ1) is 17.6. The average Bonchev–Trinajstić information content (AvgIpc) is 2.85. The first-order valence-electron chi connectivity index (χ1n) is 12.6. The van der Waals surface area contributed by atoms with E-state index in [1.54, 1.807) is 13.8 Å². The third-order valence-electron chi connectivity index (χ3n) is 5.26. The van der Waals surface area contributed by atoms with E-state index in [0.717, 1.165) is 33.5 Å². The Morgan fingerprint density at radius 3 is 1.57 bits per heavy atom. The molecule has 0 aromatic carbocycles. The summed E-state index contributed by atoms with van der Waals surface area (Å²) in [6.45, 7) is 14.6. The number of carbonyl (C=O) groups excluding carboxylic acids is 2. The quantitative estimate of drug-likeness (QED) is 0.135. The molecule has 2 aliphatic heterocycles. The van der Waals surface area contributed by atoms with Crippen LogP contribution < -0.4 is 0 Å². The van der Waals surface area contributed by atoms with Crippen LogP contribution in [-0.2, 0) is 19.1 Å². The molecular formula is C26H42O4S7. The van der Waals surface area contributed by atoms with Gasteiger partial charge >= 0.3 is 11.9 Å². The van der Waals surface area contributed by atoms with Crippen molar-refractivity contribution in [3.05, 3.63) is 24.3 Å². The molecule has 0 aliphatic carbocycles. The number of rotatable bonds is 16. The number of ether oxygens (including phenoxy) is 2. The van der Waals surface area contributed by atoms with Gasteiger partial charge < -0.3 is 9.47 Å². The Morgan fingerprint density at radius 1 is 0.730 bits per heavy atom. The maximum absolute atomic E-state index is 11.6. The average molecular weight is 643 g/mol. The van der Waals surface area contributed by atoms with E-state index in [4.69, 9.17) is 9.47 Å². The minimum atomic E-state index is -0.288. The Hall–Kier alpha value is 0.870. The van der Waals surface area contributed by atoms with Gasteiger partial charge in [-0.2, -0.15) is 82.3 Å². The van der Waals surface area contributed by atoms with Crippen LogP contribution >= 0.6 is 82.3 Å². The Balaban J connectivity index is 1.52. The van der Waals surface area contributed by atoms with Gasteiger partial charge in [-0.3, -0.25) is 0 Å². The lowest BCUT2D eigenvalue weighted by molar-refractivity contribution is -0.143. The van der Waals surface area contributed by atoms with E-state index in [9.17, 15) is 9.59 Å². The standard InChI is InChI=1S/C26H42O4S7/c1-17(2)25(27)29-19(5)7-31-9-21-15-36-22(16-35-21)10-33-12-24-14-34-13-23(37-24)11-32-8-20(6)30-26(28)18(3)4/h19-24H,1,3,7-16H2,2,4-6H3. The van der Waals surface area contributed by atoms with E-state index < -0.39 is 0 Å². The lowest BCUT2D eigenvalue weighted by atomic mass is 10.3. The molecular weight excluding hydrogens is 601 g/mol. The summed E-state index contributed by atoms with van der Waals surface area (Å²) >= 11 is 14.5. The van der Waals surface area contributed by atoms with E-state index in [-0.39, 0.29) is 24.1 Å². The van der Waals surface area contributed by atoms with Gasteiger partial charge in [-0.05, 0) is 27.7 Å². The van der Waals surface area contributed by atoms with Crippen molar-refractivity contribution in [2.45, 2.75) is 60.9 Å². The van der Waals surface area contributed by atoms with Crippen LogP contribution in [0.2, 0.25) is 0 Å². The smallest absolute Gasteiger partial charge is 0.333 e. The number of carbonyl (C=O) groups is 2. The van der Waals surface area contributed by atoms with Crippen LogP contribution in [-0.4, -0.2) is 103 Å². The molecule has 0 radical (unpaired) electrons. The Labute approximate surface area is 254 Å². The summed E-state index contributed by atoms with van der Waals surface area (Å²) in [5, 5.41) is 2.86. The molecule has 2 saturated heterocycles. The summed E-state index contributed by atoms with van der Waals surface area (Å²) in [5.41, 5.74) is 0.927. The molecule has 6 unspecified atom stereocenters. The predicted molar refractivity (Wildman–Crippen MR) is 178 cm³/mol. The topological polar surface area (TPSA) is 52.6 Å². The van der Waals surface area contributed by atoms with Gasteiger partial charge in [0, 0.05) is 89.7 Å². The Morgan fingerprint density at radius 2 is 1.14 bits per heavy atom. The highest BCUT2D eigenvalue weighted by Gasteiger charge is 2.26. The molecule has 37 heavy (non-hydrogen) atoms. The summed E-state index contributed by atoms with van der Waals surface area (Å²) in [4.78, 5) is 23.3. The summed E-state index contributed by atoms with van der Waals surface area (Å²) in [5.74, 6) is 10.8. The molecule has 0 N–H and O–H groups in total. The van der Waals surface area contributed by atoms with Crippen molar-refractivity contribution in [3.8, 4) is 0 Å². The van der Waals surface area contributed by atoms with Crippen LogP contribution in [0.4, 0.5) is 0 Å². The normalized spacial score (nSPS) is 25.6. The van der Waals surface area contributed by atoms with Gasteiger partial charge in [0.25, 0.3) is 0 Å². The van der Waals surface area contributed by atoms with Crippen molar-refractivity contribution >= 4 is 94.3 Å². The van der Waals surface area contributed by atoms with Gasteiger partial charge in [0.05, 0.1) is 0 Å². The van der Waals surface area contributed by atoms with Crippen LogP contribution in [0.1, 0.15) is 27.7 Å². The fourth-order valence-corrected chi connectivity index (χ4v) is 14.3. The maximum Gasteiger partial charge on any atom is 0.333 e. The lowest BCUT2D eigenvalue weighted by Crippen LogP contribution is -2.28. The minimum absolute atomic E-state index is 0.0662. The lowest BCUT2D eigenvalue weighted by Gasteiger charge is -2.30. The summed E-state index contributed by atoms with van der Waals surface area (Å²) in [6, 6.07) is 0.